The first-order valence-corrected chi connectivity index (χ1v) is 12.7. The maximum absolute atomic E-state index is 13.3. The lowest BCUT2D eigenvalue weighted by Gasteiger charge is -2.17. The fraction of sp³-hybridized carbons (Fsp3) is 0.333. The van der Waals surface area contributed by atoms with Gasteiger partial charge < -0.3 is 29.0 Å². The Labute approximate surface area is 215 Å². The highest BCUT2D eigenvalue weighted by Gasteiger charge is 2.25. The average Bonchev–Trinajstić information content (AvgIpc) is 3.29. The Morgan fingerprint density at radius 1 is 0.861 bits per heavy atom. The molecule has 0 aliphatic rings. The van der Waals surface area contributed by atoms with Crippen LogP contribution in [0.15, 0.2) is 41.8 Å². The van der Waals surface area contributed by atoms with E-state index in [1.807, 2.05) is 50.4 Å². The van der Waals surface area contributed by atoms with Gasteiger partial charge in [-0.25, -0.2) is 4.79 Å². The number of benzene rings is 2. The Hall–Kier alpha value is -3.72. The van der Waals surface area contributed by atoms with E-state index < -0.39 is 11.9 Å². The maximum Gasteiger partial charge on any atom is 0.341 e. The molecule has 0 unspecified atom stereocenters. The first-order valence-electron chi connectivity index (χ1n) is 11.8. The first kappa shape index (κ1) is 26.9. The molecule has 0 atom stereocenters. The minimum absolute atomic E-state index is 0.207. The molecule has 36 heavy (non-hydrogen) atoms. The number of methoxy groups -OCH3 is 1. The molecule has 3 rings (SSSR count). The average molecular weight is 514 g/mol. The summed E-state index contributed by atoms with van der Waals surface area (Å²) in [4.78, 5) is 26.2. The number of carbonyl (C=O) groups excluding carboxylic acids is 2. The zero-order chi connectivity index (χ0) is 26.1. The molecule has 8 nitrogen and oxygen atoms in total. The maximum atomic E-state index is 13.3. The van der Waals surface area contributed by atoms with Crippen molar-refractivity contribution in [1.82, 2.24) is 0 Å². The van der Waals surface area contributed by atoms with Crippen molar-refractivity contribution in [3.8, 4) is 34.1 Å². The summed E-state index contributed by atoms with van der Waals surface area (Å²) in [5.74, 6) is 1.02. The summed E-state index contributed by atoms with van der Waals surface area (Å²) in [7, 11) is 1.59. The minimum Gasteiger partial charge on any atom is -0.497 e. The van der Waals surface area contributed by atoms with Crippen LogP contribution in [0.5, 0.6) is 23.0 Å². The lowest BCUT2D eigenvalue weighted by atomic mass is 10.0. The van der Waals surface area contributed by atoms with E-state index in [1.54, 1.807) is 26.2 Å². The van der Waals surface area contributed by atoms with Crippen LogP contribution in [0.25, 0.3) is 11.1 Å². The number of amides is 1. The standard InChI is InChI=1S/C27H31NO7S/c1-6-32-21-14-18(15-22(33-7-2)24(21)34-8-3)25(29)28-26-23(27(30)35-9-4)20(16-36-26)17-10-12-19(31-5)13-11-17/h10-16H,6-9H2,1-5H3,(H,28,29). The molecule has 9 heteroatoms. The second-order valence-electron chi connectivity index (χ2n) is 7.36. The third-order valence-corrected chi connectivity index (χ3v) is 5.97. The highest BCUT2D eigenvalue weighted by molar-refractivity contribution is 7.15. The zero-order valence-electron chi connectivity index (χ0n) is 21.1. The molecule has 0 saturated heterocycles. The van der Waals surface area contributed by atoms with Crippen LogP contribution in [-0.2, 0) is 4.74 Å². The molecular weight excluding hydrogens is 482 g/mol. The summed E-state index contributed by atoms with van der Waals surface area (Å²) in [6.45, 7) is 8.69. The number of nitrogens with one attached hydrogen (secondary N) is 1. The van der Waals surface area contributed by atoms with Gasteiger partial charge in [-0.1, -0.05) is 12.1 Å². The molecule has 1 amide bonds. The largest absolute Gasteiger partial charge is 0.497 e. The lowest BCUT2D eigenvalue weighted by Crippen LogP contribution is -2.15. The van der Waals surface area contributed by atoms with Crippen LogP contribution in [0.1, 0.15) is 48.4 Å². The molecule has 1 aromatic heterocycles. The van der Waals surface area contributed by atoms with Gasteiger partial charge in [-0.15, -0.1) is 11.3 Å². The van der Waals surface area contributed by atoms with E-state index in [1.165, 1.54) is 11.3 Å². The second kappa shape index (κ2) is 12.8. The van der Waals surface area contributed by atoms with Gasteiger partial charge in [-0.05, 0) is 57.5 Å². The van der Waals surface area contributed by atoms with Crippen LogP contribution >= 0.6 is 11.3 Å². The van der Waals surface area contributed by atoms with Crippen molar-refractivity contribution >= 4 is 28.2 Å². The Kier molecular flexibility index (Phi) is 9.58. The topological polar surface area (TPSA) is 92.3 Å². The minimum atomic E-state index is -0.517. The Morgan fingerprint density at radius 3 is 2.00 bits per heavy atom. The third kappa shape index (κ3) is 6.09. The number of esters is 1. The summed E-state index contributed by atoms with van der Waals surface area (Å²) in [6, 6.07) is 10.5. The SMILES string of the molecule is CCOC(=O)c1c(-c2ccc(OC)cc2)csc1NC(=O)c1cc(OCC)c(OCC)c(OCC)c1. The van der Waals surface area contributed by atoms with E-state index in [-0.39, 0.29) is 6.61 Å². The van der Waals surface area contributed by atoms with E-state index in [0.29, 0.717) is 64.5 Å². The van der Waals surface area contributed by atoms with E-state index in [9.17, 15) is 9.59 Å². The van der Waals surface area contributed by atoms with Gasteiger partial charge in [-0.2, -0.15) is 0 Å². The molecule has 0 aliphatic carbocycles. The molecule has 0 aliphatic heterocycles. The fourth-order valence-corrected chi connectivity index (χ4v) is 4.49. The highest BCUT2D eigenvalue weighted by atomic mass is 32.1. The third-order valence-electron chi connectivity index (χ3n) is 5.07. The van der Waals surface area contributed by atoms with Crippen molar-refractivity contribution in [2.45, 2.75) is 27.7 Å². The predicted molar refractivity (Wildman–Crippen MR) is 140 cm³/mol. The summed E-state index contributed by atoms with van der Waals surface area (Å²) < 4.78 is 27.7. The van der Waals surface area contributed by atoms with Crippen molar-refractivity contribution in [3.05, 3.63) is 52.9 Å². The van der Waals surface area contributed by atoms with Gasteiger partial charge in [0.05, 0.1) is 33.5 Å². The van der Waals surface area contributed by atoms with Crippen molar-refractivity contribution in [1.29, 1.82) is 0 Å². The number of carbonyl (C=O) groups is 2. The van der Waals surface area contributed by atoms with Gasteiger partial charge in [0.25, 0.3) is 5.91 Å². The van der Waals surface area contributed by atoms with E-state index in [0.717, 1.165) is 5.56 Å². The summed E-state index contributed by atoms with van der Waals surface area (Å²) in [5, 5.41) is 5.07. The van der Waals surface area contributed by atoms with Gasteiger partial charge >= 0.3 is 5.97 Å². The molecule has 0 radical (unpaired) electrons. The van der Waals surface area contributed by atoms with Crippen molar-refractivity contribution in [2.24, 2.45) is 0 Å². The smallest absolute Gasteiger partial charge is 0.341 e. The van der Waals surface area contributed by atoms with Gasteiger partial charge in [-0.3, -0.25) is 4.79 Å². The lowest BCUT2D eigenvalue weighted by molar-refractivity contribution is 0.0529. The molecule has 0 fully saturated rings. The molecule has 1 N–H and O–H groups in total. The van der Waals surface area contributed by atoms with Gasteiger partial charge in [0.15, 0.2) is 11.5 Å². The number of thiophene rings is 1. The first-order chi connectivity index (χ1) is 17.5. The Bertz CT molecular complexity index is 1160. The van der Waals surface area contributed by atoms with Gasteiger partial charge in [0, 0.05) is 16.5 Å². The van der Waals surface area contributed by atoms with Crippen molar-refractivity contribution in [3.63, 3.8) is 0 Å². The molecular formula is C27H31NO7S. The van der Waals surface area contributed by atoms with Crippen LogP contribution in [0.2, 0.25) is 0 Å². The van der Waals surface area contributed by atoms with E-state index in [4.69, 9.17) is 23.7 Å². The van der Waals surface area contributed by atoms with E-state index in [2.05, 4.69) is 5.32 Å². The molecule has 192 valence electrons. The molecule has 3 aromatic rings. The summed E-state index contributed by atoms with van der Waals surface area (Å²) >= 11 is 1.25. The van der Waals surface area contributed by atoms with Crippen molar-refractivity contribution < 1.29 is 33.3 Å². The zero-order valence-corrected chi connectivity index (χ0v) is 22.0. The van der Waals surface area contributed by atoms with Crippen LogP contribution in [0.3, 0.4) is 0 Å². The Morgan fingerprint density at radius 2 is 1.47 bits per heavy atom. The van der Waals surface area contributed by atoms with Crippen LogP contribution in [0.4, 0.5) is 5.00 Å². The number of anilines is 1. The number of hydrogen-bond donors (Lipinski definition) is 1. The number of rotatable bonds is 12. The van der Waals surface area contributed by atoms with Crippen LogP contribution < -0.4 is 24.3 Å². The predicted octanol–water partition coefficient (Wildman–Crippen LogP) is 6.05. The van der Waals surface area contributed by atoms with Gasteiger partial charge in [0.1, 0.15) is 16.3 Å². The second-order valence-corrected chi connectivity index (χ2v) is 8.24. The monoisotopic (exact) mass is 513 g/mol. The van der Waals surface area contributed by atoms with Crippen molar-refractivity contribution in [2.75, 3.05) is 38.9 Å². The number of hydrogen-bond acceptors (Lipinski definition) is 8. The molecule has 2 aromatic carbocycles. The van der Waals surface area contributed by atoms with Crippen LogP contribution in [-0.4, -0.2) is 45.4 Å². The molecule has 1 heterocycles. The highest BCUT2D eigenvalue weighted by Crippen LogP contribution is 2.40. The molecule has 0 spiro atoms. The summed E-state index contributed by atoms with van der Waals surface area (Å²) in [6.07, 6.45) is 0. The molecule has 0 bridgehead atoms. The normalized spacial score (nSPS) is 10.5. The number of ether oxygens (including phenoxy) is 5. The van der Waals surface area contributed by atoms with Gasteiger partial charge in [0.2, 0.25) is 5.75 Å². The fourth-order valence-electron chi connectivity index (χ4n) is 3.53. The van der Waals surface area contributed by atoms with E-state index >= 15 is 0 Å². The van der Waals surface area contributed by atoms with Crippen LogP contribution in [0, 0.1) is 0 Å². The molecule has 0 saturated carbocycles. The Balaban J connectivity index is 2.01. The summed E-state index contributed by atoms with van der Waals surface area (Å²) in [5.41, 5.74) is 2.06. The quantitative estimate of drug-likeness (QED) is 0.295.